The van der Waals surface area contributed by atoms with E-state index in [-0.39, 0.29) is 0 Å². The average Bonchev–Trinajstić information content (AvgIpc) is 3.23. The number of unbranched alkanes of at least 4 members (excludes halogenated alkanes) is 2. The average molecular weight is 329 g/mol. The molecule has 1 aromatic heterocycles. The molecule has 0 aliphatic carbocycles. The fourth-order valence-corrected chi connectivity index (χ4v) is 2.66. The van der Waals surface area contributed by atoms with Crippen LogP contribution in [0.25, 0.3) is 0 Å². The van der Waals surface area contributed by atoms with Gasteiger partial charge in [0.2, 0.25) is 0 Å². The molecular formula is C18H23N3O3. The Hall–Kier alpha value is -2.50. The summed E-state index contributed by atoms with van der Waals surface area (Å²) in [7, 11) is 0. The Bertz CT molecular complexity index is 709. The summed E-state index contributed by atoms with van der Waals surface area (Å²) in [5.74, 6) is 1.68. The smallest absolute Gasteiger partial charge is 0.142 e. The van der Waals surface area contributed by atoms with Gasteiger partial charge in [0.15, 0.2) is 0 Å². The summed E-state index contributed by atoms with van der Waals surface area (Å²) in [5.41, 5.74) is 9.58. The lowest BCUT2D eigenvalue weighted by Gasteiger charge is -2.10. The molecule has 128 valence electrons. The zero-order valence-electron chi connectivity index (χ0n) is 14.0. The molecule has 2 aromatic rings. The molecule has 0 amide bonds. The van der Waals surface area contributed by atoms with Gasteiger partial charge in [-0.2, -0.15) is 0 Å². The number of aromatic nitrogens is 1. The molecule has 0 bridgehead atoms. The second-order valence-electron chi connectivity index (χ2n) is 5.97. The second-order valence-corrected chi connectivity index (χ2v) is 5.97. The van der Waals surface area contributed by atoms with Crippen LogP contribution in [-0.4, -0.2) is 24.1 Å². The van der Waals surface area contributed by atoms with E-state index in [0.29, 0.717) is 18.9 Å². The maximum atomic E-state index is 6.07. The van der Waals surface area contributed by atoms with E-state index in [1.807, 2.05) is 31.2 Å². The van der Waals surface area contributed by atoms with Gasteiger partial charge in [-0.05, 0) is 44.4 Å². The highest BCUT2D eigenvalue weighted by Gasteiger charge is 2.12. The van der Waals surface area contributed by atoms with Crippen LogP contribution in [0, 0.1) is 6.92 Å². The van der Waals surface area contributed by atoms with Crippen LogP contribution in [0.4, 0.5) is 5.69 Å². The van der Waals surface area contributed by atoms with Crippen molar-refractivity contribution < 1.29 is 14.1 Å². The van der Waals surface area contributed by atoms with Gasteiger partial charge in [0.05, 0.1) is 23.7 Å². The minimum absolute atomic E-state index is 0.638. The first-order valence-electron chi connectivity index (χ1n) is 8.36. The molecule has 24 heavy (non-hydrogen) atoms. The molecule has 6 heteroatoms. The normalized spacial score (nSPS) is 13.6. The minimum atomic E-state index is 0.638. The molecule has 0 saturated heterocycles. The highest BCUT2D eigenvalue weighted by Crippen LogP contribution is 2.24. The minimum Gasteiger partial charge on any atom is -0.491 e. The largest absolute Gasteiger partial charge is 0.491 e. The fraction of sp³-hybridized carbons (Fsp3) is 0.444. The summed E-state index contributed by atoms with van der Waals surface area (Å²) < 4.78 is 11.0. The van der Waals surface area contributed by atoms with Gasteiger partial charge in [-0.25, -0.2) is 0 Å². The van der Waals surface area contributed by atoms with Crippen molar-refractivity contribution in [2.24, 2.45) is 5.16 Å². The van der Waals surface area contributed by atoms with Crippen molar-refractivity contribution in [3.63, 3.8) is 0 Å². The van der Waals surface area contributed by atoms with Crippen LogP contribution in [0.3, 0.4) is 0 Å². The zero-order valence-corrected chi connectivity index (χ0v) is 14.0. The molecule has 6 nitrogen and oxygen atoms in total. The maximum absolute atomic E-state index is 6.07. The Morgan fingerprint density at radius 2 is 2.12 bits per heavy atom. The summed E-state index contributed by atoms with van der Waals surface area (Å²) >= 11 is 0. The fourth-order valence-electron chi connectivity index (χ4n) is 2.66. The molecule has 1 aromatic carbocycles. The molecule has 0 saturated carbocycles. The quantitative estimate of drug-likeness (QED) is 0.592. The standard InChI is InChI=1S/C18H23N3O3/c1-13-11-15(24-20-13)5-3-2-4-9-22-18-7-6-14(12-16(18)19)17-8-10-23-21-17/h6-7,11-12H,2-5,8-10,19H2,1H3. The van der Waals surface area contributed by atoms with E-state index in [2.05, 4.69) is 10.3 Å². The summed E-state index contributed by atoms with van der Waals surface area (Å²) in [4.78, 5) is 5.02. The highest BCUT2D eigenvalue weighted by atomic mass is 16.6. The Labute approximate surface area is 141 Å². The van der Waals surface area contributed by atoms with Crippen LogP contribution in [0.5, 0.6) is 5.75 Å². The van der Waals surface area contributed by atoms with Crippen molar-refractivity contribution in [3.8, 4) is 5.75 Å². The van der Waals surface area contributed by atoms with Crippen LogP contribution < -0.4 is 10.5 Å². The van der Waals surface area contributed by atoms with E-state index in [1.165, 1.54) is 0 Å². The number of ether oxygens (including phenoxy) is 1. The van der Waals surface area contributed by atoms with E-state index in [9.17, 15) is 0 Å². The molecule has 0 atom stereocenters. The van der Waals surface area contributed by atoms with Crippen LogP contribution in [0.1, 0.15) is 42.7 Å². The molecule has 0 unspecified atom stereocenters. The van der Waals surface area contributed by atoms with E-state index in [0.717, 1.165) is 60.6 Å². The third-order valence-corrected chi connectivity index (χ3v) is 3.95. The van der Waals surface area contributed by atoms with Gasteiger partial charge in [0, 0.05) is 24.5 Å². The first-order valence-corrected chi connectivity index (χ1v) is 8.36. The van der Waals surface area contributed by atoms with Crippen molar-refractivity contribution in [2.75, 3.05) is 18.9 Å². The summed E-state index contributed by atoms with van der Waals surface area (Å²) in [5, 5.41) is 7.89. The van der Waals surface area contributed by atoms with Crippen LogP contribution in [0.15, 0.2) is 33.9 Å². The number of aryl methyl sites for hydroxylation is 2. The predicted octanol–water partition coefficient (Wildman–Crippen LogP) is 3.48. The molecule has 3 rings (SSSR count). The molecule has 2 heterocycles. The first-order chi connectivity index (χ1) is 11.7. The SMILES string of the molecule is Cc1cc(CCCCCOc2ccc(C3=NOCC3)cc2N)on1. The lowest BCUT2D eigenvalue weighted by molar-refractivity contribution is 0.174. The van der Waals surface area contributed by atoms with Gasteiger partial charge in [0.1, 0.15) is 18.1 Å². The monoisotopic (exact) mass is 329 g/mol. The topological polar surface area (TPSA) is 82.9 Å². The summed E-state index contributed by atoms with van der Waals surface area (Å²) in [6.45, 7) is 3.23. The van der Waals surface area contributed by atoms with Gasteiger partial charge >= 0.3 is 0 Å². The van der Waals surface area contributed by atoms with E-state index in [1.54, 1.807) is 0 Å². The summed E-state index contributed by atoms with van der Waals surface area (Å²) in [6.07, 6.45) is 4.86. The van der Waals surface area contributed by atoms with E-state index < -0.39 is 0 Å². The number of oxime groups is 1. The Morgan fingerprint density at radius 3 is 2.83 bits per heavy atom. The first kappa shape index (κ1) is 16.4. The number of benzene rings is 1. The van der Waals surface area contributed by atoms with Crippen LogP contribution >= 0.6 is 0 Å². The van der Waals surface area contributed by atoms with E-state index >= 15 is 0 Å². The third kappa shape index (κ3) is 4.28. The van der Waals surface area contributed by atoms with Crippen molar-refractivity contribution >= 4 is 11.4 Å². The Kier molecular flexibility index (Phi) is 5.36. The second kappa shape index (κ2) is 7.86. The molecule has 1 aliphatic rings. The van der Waals surface area contributed by atoms with Crippen LogP contribution in [-0.2, 0) is 11.3 Å². The molecule has 2 N–H and O–H groups in total. The number of hydrogen-bond donors (Lipinski definition) is 1. The molecule has 0 spiro atoms. The highest BCUT2D eigenvalue weighted by molar-refractivity contribution is 6.01. The van der Waals surface area contributed by atoms with Gasteiger partial charge in [-0.3, -0.25) is 0 Å². The lowest BCUT2D eigenvalue weighted by Crippen LogP contribution is -2.03. The zero-order chi connectivity index (χ0) is 16.8. The number of nitrogens with two attached hydrogens (primary N) is 1. The molecule has 0 radical (unpaired) electrons. The molecule has 0 fully saturated rings. The van der Waals surface area contributed by atoms with Gasteiger partial charge in [0.25, 0.3) is 0 Å². The molecule has 1 aliphatic heterocycles. The van der Waals surface area contributed by atoms with Crippen LogP contribution in [0.2, 0.25) is 0 Å². The predicted molar refractivity (Wildman–Crippen MR) is 92.3 cm³/mol. The number of hydrogen-bond acceptors (Lipinski definition) is 6. The number of rotatable bonds is 8. The van der Waals surface area contributed by atoms with Crippen molar-refractivity contribution in [3.05, 3.63) is 41.3 Å². The Morgan fingerprint density at radius 1 is 1.21 bits per heavy atom. The molecular weight excluding hydrogens is 306 g/mol. The van der Waals surface area contributed by atoms with Gasteiger partial charge in [-0.15, -0.1) is 0 Å². The van der Waals surface area contributed by atoms with Crippen molar-refractivity contribution in [2.45, 2.75) is 39.0 Å². The number of nitrogens with zero attached hydrogens (tertiary/aromatic N) is 2. The van der Waals surface area contributed by atoms with Gasteiger partial charge in [-0.1, -0.05) is 10.3 Å². The van der Waals surface area contributed by atoms with Crippen molar-refractivity contribution in [1.82, 2.24) is 5.16 Å². The Balaban J connectivity index is 1.38. The third-order valence-electron chi connectivity index (χ3n) is 3.95. The maximum Gasteiger partial charge on any atom is 0.142 e. The van der Waals surface area contributed by atoms with Gasteiger partial charge < -0.3 is 19.8 Å². The lowest BCUT2D eigenvalue weighted by atomic mass is 10.1. The number of nitrogen functional groups attached to an aromatic ring is 1. The number of anilines is 1. The van der Waals surface area contributed by atoms with Crippen molar-refractivity contribution in [1.29, 1.82) is 0 Å². The van der Waals surface area contributed by atoms with E-state index in [4.69, 9.17) is 19.8 Å². The summed E-state index contributed by atoms with van der Waals surface area (Å²) in [6, 6.07) is 7.77.